The Hall–Kier alpha value is -0.440. The van der Waals surface area contributed by atoms with E-state index < -0.39 is 0 Å². The van der Waals surface area contributed by atoms with Crippen LogP contribution in [0.5, 0.6) is 0 Å². The summed E-state index contributed by atoms with van der Waals surface area (Å²) in [5.74, 6) is 0.951. The van der Waals surface area contributed by atoms with E-state index in [1.807, 2.05) is 6.92 Å². The summed E-state index contributed by atoms with van der Waals surface area (Å²) in [4.78, 5) is 4.68. The highest BCUT2D eigenvalue weighted by Crippen LogP contribution is 2.36. The largest absolute Gasteiger partial charge is 0.224 e. The molecule has 0 unspecified atom stereocenters. The molecule has 1 aliphatic rings. The second kappa shape index (κ2) is 7.37. The molecule has 2 rings (SSSR count). The SMILES string of the molecule is Cc1nsc(C2(C)CCCCCCCCCCC2)n1. The number of rotatable bonds is 1. The van der Waals surface area contributed by atoms with Gasteiger partial charge in [-0.3, -0.25) is 0 Å². The van der Waals surface area contributed by atoms with Crippen LogP contribution < -0.4 is 0 Å². The number of aryl methyl sites for hydroxylation is 1. The van der Waals surface area contributed by atoms with Crippen LogP contribution in [0.15, 0.2) is 0 Å². The Morgan fingerprint density at radius 2 is 1.32 bits per heavy atom. The molecule has 0 radical (unpaired) electrons. The Kier molecular flexibility index (Phi) is 5.80. The molecule has 1 saturated carbocycles. The molecule has 0 saturated heterocycles. The summed E-state index contributed by atoms with van der Waals surface area (Å²) in [6.07, 6.45) is 15.3. The molecule has 0 aromatic carbocycles. The van der Waals surface area contributed by atoms with Crippen LogP contribution >= 0.6 is 11.5 Å². The topological polar surface area (TPSA) is 25.8 Å². The summed E-state index contributed by atoms with van der Waals surface area (Å²) >= 11 is 1.63. The van der Waals surface area contributed by atoms with E-state index in [1.54, 1.807) is 11.5 Å². The van der Waals surface area contributed by atoms with Gasteiger partial charge in [0.2, 0.25) is 0 Å². The quantitative estimate of drug-likeness (QED) is 0.687. The van der Waals surface area contributed by atoms with Crippen molar-refractivity contribution < 1.29 is 0 Å². The fourth-order valence-corrected chi connectivity index (χ4v) is 4.01. The predicted octanol–water partition coefficient (Wildman–Crippen LogP) is 5.41. The average Bonchev–Trinajstić information content (AvgIpc) is 2.81. The Morgan fingerprint density at radius 1 is 0.842 bits per heavy atom. The summed E-state index contributed by atoms with van der Waals surface area (Å²) in [5, 5.41) is 1.28. The maximum absolute atomic E-state index is 4.68. The van der Waals surface area contributed by atoms with Crippen molar-refractivity contribution >= 4 is 11.5 Å². The van der Waals surface area contributed by atoms with Crippen LogP contribution in [-0.2, 0) is 5.41 Å². The van der Waals surface area contributed by atoms with E-state index in [-0.39, 0.29) is 5.41 Å². The van der Waals surface area contributed by atoms with Crippen LogP contribution in [0.1, 0.15) is 88.4 Å². The van der Waals surface area contributed by atoms with Crippen molar-refractivity contribution in [3.05, 3.63) is 10.8 Å². The zero-order chi connectivity index (χ0) is 13.6. The fraction of sp³-hybridized carbons (Fsp3) is 0.875. The fourth-order valence-electron chi connectivity index (χ4n) is 3.15. The van der Waals surface area contributed by atoms with Crippen LogP contribution in [0.4, 0.5) is 0 Å². The molecule has 0 N–H and O–H groups in total. The van der Waals surface area contributed by atoms with Crippen LogP contribution in [0.2, 0.25) is 0 Å². The first kappa shape index (κ1) is 15.0. The highest BCUT2D eigenvalue weighted by atomic mass is 32.1. The zero-order valence-corrected chi connectivity index (χ0v) is 13.4. The number of hydrogen-bond donors (Lipinski definition) is 0. The molecule has 0 amide bonds. The van der Waals surface area contributed by atoms with Crippen molar-refractivity contribution in [2.75, 3.05) is 0 Å². The van der Waals surface area contributed by atoms with Gasteiger partial charge in [-0.25, -0.2) is 4.98 Å². The smallest absolute Gasteiger partial charge is 0.139 e. The minimum absolute atomic E-state index is 0.283. The van der Waals surface area contributed by atoms with Gasteiger partial charge in [0.05, 0.1) is 0 Å². The maximum Gasteiger partial charge on any atom is 0.139 e. The maximum atomic E-state index is 4.68. The van der Waals surface area contributed by atoms with E-state index in [0.29, 0.717) is 0 Å². The summed E-state index contributed by atoms with van der Waals surface area (Å²) < 4.78 is 4.40. The third-order valence-corrected chi connectivity index (χ3v) is 5.61. The zero-order valence-electron chi connectivity index (χ0n) is 12.6. The predicted molar refractivity (Wildman–Crippen MR) is 82.8 cm³/mol. The van der Waals surface area contributed by atoms with Gasteiger partial charge in [-0.05, 0) is 31.3 Å². The van der Waals surface area contributed by atoms with Crippen LogP contribution in [-0.4, -0.2) is 9.36 Å². The molecular weight excluding hydrogens is 252 g/mol. The highest BCUT2D eigenvalue weighted by molar-refractivity contribution is 7.05. The second-order valence-corrected chi connectivity index (χ2v) is 7.14. The van der Waals surface area contributed by atoms with E-state index in [4.69, 9.17) is 0 Å². The molecule has 0 aliphatic heterocycles. The number of aromatic nitrogens is 2. The van der Waals surface area contributed by atoms with Gasteiger partial charge in [0, 0.05) is 5.41 Å². The first-order valence-corrected chi connectivity index (χ1v) is 8.79. The van der Waals surface area contributed by atoms with Crippen LogP contribution in [0, 0.1) is 6.92 Å². The second-order valence-electron chi connectivity index (χ2n) is 6.39. The monoisotopic (exact) mass is 280 g/mol. The van der Waals surface area contributed by atoms with Gasteiger partial charge in [-0.15, -0.1) is 0 Å². The molecule has 1 aromatic rings. The van der Waals surface area contributed by atoms with Gasteiger partial charge >= 0.3 is 0 Å². The summed E-state index contributed by atoms with van der Waals surface area (Å²) in [7, 11) is 0. The molecule has 0 spiro atoms. The van der Waals surface area contributed by atoms with Crippen LogP contribution in [0.25, 0.3) is 0 Å². The molecule has 2 nitrogen and oxygen atoms in total. The van der Waals surface area contributed by atoms with Crippen molar-refractivity contribution in [2.45, 2.75) is 89.9 Å². The van der Waals surface area contributed by atoms with Crippen molar-refractivity contribution in [1.29, 1.82) is 0 Å². The Balaban J connectivity index is 2.01. The van der Waals surface area contributed by atoms with Crippen molar-refractivity contribution in [2.24, 2.45) is 0 Å². The molecule has 1 aromatic heterocycles. The minimum Gasteiger partial charge on any atom is -0.224 e. The van der Waals surface area contributed by atoms with Gasteiger partial charge < -0.3 is 0 Å². The van der Waals surface area contributed by atoms with Crippen molar-refractivity contribution in [3.63, 3.8) is 0 Å². The summed E-state index contributed by atoms with van der Waals surface area (Å²) in [6, 6.07) is 0. The molecule has 108 valence electrons. The first-order valence-electron chi connectivity index (χ1n) is 8.01. The normalized spacial score (nSPS) is 22.4. The summed E-state index contributed by atoms with van der Waals surface area (Å²) in [6.45, 7) is 4.43. The van der Waals surface area contributed by atoms with Gasteiger partial charge in [0.1, 0.15) is 10.8 Å². The average molecular weight is 280 g/mol. The van der Waals surface area contributed by atoms with Crippen LogP contribution in [0.3, 0.4) is 0 Å². The van der Waals surface area contributed by atoms with Gasteiger partial charge in [0.15, 0.2) is 0 Å². The van der Waals surface area contributed by atoms with E-state index >= 15 is 0 Å². The Bertz CT molecular complexity index is 361. The molecule has 0 bridgehead atoms. The molecule has 1 fully saturated rings. The van der Waals surface area contributed by atoms with E-state index in [9.17, 15) is 0 Å². The Labute approximate surface area is 122 Å². The number of hydrogen-bond acceptors (Lipinski definition) is 3. The van der Waals surface area contributed by atoms with Gasteiger partial charge in [-0.1, -0.05) is 64.7 Å². The number of nitrogens with zero attached hydrogens (tertiary/aromatic N) is 2. The van der Waals surface area contributed by atoms with Crippen molar-refractivity contribution in [3.8, 4) is 0 Å². The first-order chi connectivity index (χ1) is 9.21. The third-order valence-electron chi connectivity index (χ3n) is 4.50. The standard InChI is InChI=1S/C16H28N2S/c1-14-17-15(19-18-14)16(2)12-10-8-6-4-3-5-7-9-11-13-16/h3-13H2,1-2H3. The third kappa shape index (κ3) is 4.55. The van der Waals surface area contributed by atoms with Crippen molar-refractivity contribution in [1.82, 2.24) is 9.36 Å². The summed E-state index contributed by atoms with van der Waals surface area (Å²) in [5.41, 5.74) is 0.283. The molecule has 0 atom stereocenters. The lowest BCUT2D eigenvalue weighted by atomic mass is 9.80. The van der Waals surface area contributed by atoms with E-state index in [2.05, 4.69) is 16.3 Å². The van der Waals surface area contributed by atoms with E-state index in [0.717, 1.165) is 5.82 Å². The minimum atomic E-state index is 0.283. The van der Waals surface area contributed by atoms with Gasteiger partial charge in [-0.2, -0.15) is 4.37 Å². The molecule has 1 aliphatic carbocycles. The molecule has 1 heterocycles. The molecular formula is C16H28N2S. The highest BCUT2D eigenvalue weighted by Gasteiger charge is 2.29. The molecule has 19 heavy (non-hydrogen) atoms. The lowest BCUT2D eigenvalue weighted by molar-refractivity contribution is 0.355. The molecule has 3 heteroatoms. The lowest BCUT2D eigenvalue weighted by Gasteiger charge is -2.27. The van der Waals surface area contributed by atoms with E-state index in [1.165, 1.54) is 75.6 Å². The Morgan fingerprint density at radius 3 is 1.74 bits per heavy atom. The van der Waals surface area contributed by atoms with Gasteiger partial charge in [0.25, 0.3) is 0 Å². The lowest BCUT2D eigenvalue weighted by Crippen LogP contribution is -2.22.